The second-order valence-corrected chi connectivity index (χ2v) is 6.51. The summed E-state index contributed by atoms with van der Waals surface area (Å²) >= 11 is 0. The molecule has 2 aromatic rings. The summed E-state index contributed by atoms with van der Waals surface area (Å²) in [6, 6.07) is 18.1. The van der Waals surface area contributed by atoms with Gasteiger partial charge in [0.1, 0.15) is 12.4 Å². The highest BCUT2D eigenvalue weighted by atomic mass is 16.5. The molecule has 0 bridgehead atoms. The van der Waals surface area contributed by atoms with E-state index in [4.69, 9.17) is 10.5 Å². The van der Waals surface area contributed by atoms with Gasteiger partial charge in [0.15, 0.2) is 0 Å². The molecule has 1 amide bonds. The van der Waals surface area contributed by atoms with Gasteiger partial charge in [-0.2, -0.15) is 0 Å². The molecule has 0 aliphatic heterocycles. The van der Waals surface area contributed by atoms with Gasteiger partial charge in [0.05, 0.1) is 0 Å². The minimum Gasteiger partial charge on any atom is -0.489 e. The molecule has 25 heavy (non-hydrogen) atoms. The largest absolute Gasteiger partial charge is 0.489 e. The predicted molar refractivity (Wildman–Crippen MR) is 101 cm³/mol. The standard InChI is InChI=1S/C21H28N2O2/c1-16(14-22)12-19(21(24)23-2)13-17-8-10-20(11-9-17)25-15-18-6-4-3-5-7-18/h3-11,16,19H,12-15,22H2,1-2H3,(H,23,24). The minimum atomic E-state index is -0.0559. The van der Waals surface area contributed by atoms with E-state index in [1.807, 2.05) is 54.6 Å². The predicted octanol–water partition coefficient (Wildman–Crippen LogP) is 3.16. The maximum Gasteiger partial charge on any atom is 0.223 e. The molecular formula is C21H28N2O2. The highest BCUT2D eigenvalue weighted by Crippen LogP contribution is 2.20. The molecule has 4 nitrogen and oxygen atoms in total. The van der Waals surface area contributed by atoms with Crippen molar-refractivity contribution in [1.29, 1.82) is 0 Å². The van der Waals surface area contributed by atoms with Crippen molar-refractivity contribution in [2.75, 3.05) is 13.6 Å². The fourth-order valence-electron chi connectivity index (χ4n) is 2.82. The fourth-order valence-corrected chi connectivity index (χ4v) is 2.82. The highest BCUT2D eigenvalue weighted by molar-refractivity contribution is 5.78. The number of rotatable bonds is 9. The number of hydrogen-bond donors (Lipinski definition) is 2. The molecule has 4 heteroatoms. The van der Waals surface area contributed by atoms with Gasteiger partial charge in [-0.1, -0.05) is 49.4 Å². The molecule has 2 unspecified atom stereocenters. The average Bonchev–Trinajstić information content (AvgIpc) is 2.66. The zero-order chi connectivity index (χ0) is 18.1. The molecule has 0 spiro atoms. The molecule has 0 aliphatic rings. The van der Waals surface area contributed by atoms with Crippen LogP contribution in [-0.2, 0) is 17.8 Å². The van der Waals surface area contributed by atoms with E-state index in [1.165, 1.54) is 0 Å². The lowest BCUT2D eigenvalue weighted by Crippen LogP contribution is -2.31. The Bertz CT molecular complexity index is 641. The van der Waals surface area contributed by atoms with Gasteiger partial charge in [-0.15, -0.1) is 0 Å². The number of nitrogens with one attached hydrogen (secondary N) is 1. The normalized spacial score (nSPS) is 13.1. The van der Waals surface area contributed by atoms with Crippen molar-refractivity contribution >= 4 is 5.91 Å². The topological polar surface area (TPSA) is 64.3 Å². The van der Waals surface area contributed by atoms with Crippen LogP contribution < -0.4 is 15.8 Å². The zero-order valence-corrected chi connectivity index (χ0v) is 15.1. The van der Waals surface area contributed by atoms with Crippen LogP contribution in [0.3, 0.4) is 0 Å². The Morgan fingerprint density at radius 1 is 1.08 bits per heavy atom. The summed E-state index contributed by atoms with van der Waals surface area (Å²) in [4.78, 5) is 12.1. The van der Waals surface area contributed by atoms with E-state index in [1.54, 1.807) is 7.05 Å². The van der Waals surface area contributed by atoms with E-state index in [-0.39, 0.29) is 11.8 Å². The number of hydrogen-bond acceptors (Lipinski definition) is 3. The Balaban J connectivity index is 1.94. The van der Waals surface area contributed by atoms with Crippen LogP contribution in [0, 0.1) is 11.8 Å². The van der Waals surface area contributed by atoms with Gasteiger partial charge >= 0.3 is 0 Å². The molecule has 0 aliphatic carbocycles. The summed E-state index contributed by atoms with van der Waals surface area (Å²) in [5.41, 5.74) is 7.98. The van der Waals surface area contributed by atoms with Gasteiger partial charge in [-0.05, 0) is 48.6 Å². The van der Waals surface area contributed by atoms with Gasteiger partial charge in [0, 0.05) is 13.0 Å². The van der Waals surface area contributed by atoms with Gasteiger partial charge in [-0.3, -0.25) is 4.79 Å². The number of carbonyl (C=O) groups excluding carboxylic acids is 1. The van der Waals surface area contributed by atoms with Gasteiger partial charge in [0.25, 0.3) is 0 Å². The average molecular weight is 340 g/mol. The second-order valence-electron chi connectivity index (χ2n) is 6.51. The van der Waals surface area contributed by atoms with Crippen LogP contribution in [0.5, 0.6) is 5.75 Å². The second kappa shape index (κ2) is 9.84. The molecule has 3 N–H and O–H groups in total. The fraction of sp³-hybridized carbons (Fsp3) is 0.381. The molecule has 0 aromatic heterocycles. The molecule has 0 heterocycles. The Kier molecular flexibility index (Phi) is 7.48. The number of benzene rings is 2. The van der Waals surface area contributed by atoms with E-state index >= 15 is 0 Å². The van der Waals surface area contributed by atoms with Crippen LogP contribution >= 0.6 is 0 Å². The minimum absolute atomic E-state index is 0.0559. The maximum atomic E-state index is 12.1. The molecule has 2 atom stereocenters. The summed E-state index contributed by atoms with van der Waals surface area (Å²) in [5, 5.41) is 2.76. The number of carbonyl (C=O) groups is 1. The highest BCUT2D eigenvalue weighted by Gasteiger charge is 2.20. The third-order valence-corrected chi connectivity index (χ3v) is 4.36. The SMILES string of the molecule is CNC(=O)C(Cc1ccc(OCc2ccccc2)cc1)CC(C)CN. The lowest BCUT2D eigenvalue weighted by Gasteiger charge is -2.19. The van der Waals surface area contributed by atoms with Crippen molar-refractivity contribution in [3.63, 3.8) is 0 Å². The van der Waals surface area contributed by atoms with E-state index < -0.39 is 0 Å². The van der Waals surface area contributed by atoms with Crippen LogP contribution in [0.25, 0.3) is 0 Å². The van der Waals surface area contributed by atoms with Crippen LogP contribution in [0.2, 0.25) is 0 Å². The summed E-state index contributed by atoms with van der Waals surface area (Å²) in [7, 11) is 1.68. The molecule has 2 rings (SSSR count). The van der Waals surface area contributed by atoms with E-state index in [9.17, 15) is 4.79 Å². The van der Waals surface area contributed by atoms with Gasteiger partial charge in [0.2, 0.25) is 5.91 Å². The molecule has 0 fully saturated rings. The van der Waals surface area contributed by atoms with Crippen LogP contribution in [0.1, 0.15) is 24.5 Å². The third kappa shape index (κ3) is 6.24. The van der Waals surface area contributed by atoms with Crippen molar-refractivity contribution in [2.45, 2.75) is 26.4 Å². The van der Waals surface area contributed by atoms with Crippen LogP contribution in [0.15, 0.2) is 54.6 Å². The van der Waals surface area contributed by atoms with Crippen molar-refractivity contribution in [1.82, 2.24) is 5.32 Å². The van der Waals surface area contributed by atoms with Crippen molar-refractivity contribution in [3.05, 3.63) is 65.7 Å². The summed E-state index contributed by atoms with van der Waals surface area (Å²) in [6.07, 6.45) is 1.51. The first kappa shape index (κ1) is 19.0. The summed E-state index contributed by atoms with van der Waals surface area (Å²) in [6.45, 7) is 3.23. The molecular weight excluding hydrogens is 312 g/mol. The Labute approximate surface area is 150 Å². The van der Waals surface area contributed by atoms with E-state index in [0.717, 1.165) is 23.3 Å². The molecule has 0 radical (unpaired) electrons. The van der Waals surface area contributed by atoms with E-state index in [2.05, 4.69) is 12.2 Å². The quantitative estimate of drug-likeness (QED) is 0.737. The number of nitrogens with two attached hydrogens (primary N) is 1. The molecule has 2 aromatic carbocycles. The van der Waals surface area contributed by atoms with Crippen LogP contribution in [-0.4, -0.2) is 19.5 Å². The summed E-state index contributed by atoms with van der Waals surface area (Å²) in [5.74, 6) is 1.18. The smallest absolute Gasteiger partial charge is 0.223 e. The Morgan fingerprint density at radius 3 is 2.36 bits per heavy atom. The zero-order valence-electron chi connectivity index (χ0n) is 15.1. The Hall–Kier alpha value is -2.33. The molecule has 134 valence electrons. The first-order chi connectivity index (χ1) is 12.1. The molecule has 0 saturated heterocycles. The van der Waals surface area contributed by atoms with Crippen molar-refractivity contribution < 1.29 is 9.53 Å². The van der Waals surface area contributed by atoms with Crippen LogP contribution in [0.4, 0.5) is 0 Å². The first-order valence-electron chi connectivity index (χ1n) is 8.79. The maximum absolute atomic E-state index is 12.1. The number of ether oxygens (including phenoxy) is 1. The van der Waals surface area contributed by atoms with Gasteiger partial charge < -0.3 is 15.8 Å². The lowest BCUT2D eigenvalue weighted by molar-refractivity contribution is -0.125. The first-order valence-corrected chi connectivity index (χ1v) is 8.79. The lowest BCUT2D eigenvalue weighted by atomic mass is 9.89. The van der Waals surface area contributed by atoms with Crippen molar-refractivity contribution in [2.24, 2.45) is 17.6 Å². The van der Waals surface area contributed by atoms with E-state index in [0.29, 0.717) is 25.5 Å². The third-order valence-electron chi connectivity index (χ3n) is 4.36. The number of amides is 1. The Morgan fingerprint density at radius 2 is 1.76 bits per heavy atom. The van der Waals surface area contributed by atoms with Gasteiger partial charge in [-0.25, -0.2) is 0 Å². The van der Waals surface area contributed by atoms with Crippen molar-refractivity contribution in [3.8, 4) is 5.75 Å². The monoisotopic (exact) mass is 340 g/mol. The molecule has 0 saturated carbocycles. The summed E-state index contributed by atoms with van der Waals surface area (Å²) < 4.78 is 5.81.